The van der Waals surface area contributed by atoms with Crippen molar-refractivity contribution in [2.24, 2.45) is 7.05 Å². The Hall–Kier alpha value is -3.00. The number of anilines is 1. The van der Waals surface area contributed by atoms with Crippen LogP contribution in [0.5, 0.6) is 0 Å². The largest absolute Gasteiger partial charge is 0.360 e. The van der Waals surface area contributed by atoms with Gasteiger partial charge in [-0.1, -0.05) is 40.7 Å². The van der Waals surface area contributed by atoms with Crippen LogP contribution in [0.2, 0.25) is 0 Å². The molecule has 0 saturated heterocycles. The molecule has 0 aliphatic heterocycles. The van der Waals surface area contributed by atoms with Gasteiger partial charge >= 0.3 is 0 Å². The minimum atomic E-state index is -0.500. The molecule has 1 aromatic carbocycles. The number of hydrogen-bond donors (Lipinski definition) is 1. The number of benzene rings is 1. The lowest BCUT2D eigenvalue weighted by Crippen LogP contribution is -2.34. The Balaban J connectivity index is 1.82. The molecule has 0 saturated carbocycles. The van der Waals surface area contributed by atoms with Crippen LogP contribution in [-0.4, -0.2) is 38.0 Å². The Labute approximate surface area is 145 Å². The first-order chi connectivity index (χ1) is 12.0. The molecule has 0 bridgehead atoms. The summed E-state index contributed by atoms with van der Waals surface area (Å²) in [4.78, 5) is 14.8. The van der Waals surface area contributed by atoms with Gasteiger partial charge in [-0.3, -0.25) is 14.4 Å². The highest BCUT2D eigenvalue weighted by Crippen LogP contribution is 2.23. The molecule has 8 nitrogen and oxygen atoms in total. The lowest BCUT2D eigenvalue weighted by Gasteiger charge is -2.26. The second-order valence-electron chi connectivity index (χ2n) is 5.92. The molecule has 0 fully saturated rings. The lowest BCUT2D eigenvalue weighted by molar-refractivity contribution is -0.121. The molecule has 2 heterocycles. The van der Waals surface area contributed by atoms with Crippen LogP contribution in [0.4, 0.5) is 5.82 Å². The number of rotatable bonds is 6. The third kappa shape index (κ3) is 4.10. The van der Waals surface area contributed by atoms with Gasteiger partial charge in [0.25, 0.3) is 0 Å². The fourth-order valence-corrected chi connectivity index (χ4v) is 2.68. The van der Waals surface area contributed by atoms with E-state index in [9.17, 15) is 4.79 Å². The molecule has 1 amide bonds. The average Bonchev–Trinajstić information content (AvgIpc) is 3.17. The lowest BCUT2D eigenvalue weighted by atomic mass is 10.0. The first kappa shape index (κ1) is 16.8. The molecule has 1 N–H and O–H groups in total. The summed E-state index contributed by atoms with van der Waals surface area (Å²) in [6, 6.07) is 10.8. The fraction of sp³-hybridized carbons (Fsp3) is 0.294. The van der Waals surface area contributed by atoms with Crippen LogP contribution in [0.25, 0.3) is 0 Å². The molecule has 25 heavy (non-hydrogen) atoms. The van der Waals surface area contributed by atoms with Gasteiger partial charge < -0.3 is 9.84 Å². The molecule has 130 valence electrons. The summed E-state index contributed by atoms with van der Waals surface area (Å²) in [6.45, 7) is 2.26. The third-order valence-electron chi connectivity index (χ3n) is 3.75. The van der Waals surface area contributed by atoms with Gasteiger partial charge in [0.1, 0.15) is 11.8 Å². The van der Waals surface area contributed by atoms with Crippen molar-refractivity contribution < 1.29 is 9.32 Å². The summed E-state index contributed by atoms with van der Waals surface area (Å²) < 4.78 is 6.65. The second-order valence-corrected chi connectivity index (χ2v) is 5.92. The molecule has 0 aliphatic rings. The number of hydrogen-bond acceptors (Lipinski definition) is 6. The van der Waals surface area contributed by atoms with Crippen LogP contribution in [0, 0.1) is 6.92 Å². The molecule has 0 aliphatic carbocycles. The van der Waals surface area contributed by atoms with Crippen molar-refractivity contribution in [1.29, 1.82) is 0 Å². The number of aromatic nitrogens is 4. The normalized spacial score (nSPS) is 12.3. The standard InChI is InChI=1S/C17H20N6O2/c1-12-9-15(20-25-12)18-17(24)16(13-7-5-4-6-8-13)22(2)10-14-11-23(3)21-19-14/h4-9,11,16H,10H2,1-3H3,(H,18,20,24). The summed E-state index contributed by atoms with van der Waals surface area (Å²) in [7, 11) is 3.69. The highest BCUT2D eigenvalue weighted by Gasteiger charge is 2.26. The smallest absolute Gasteiger partial charge is 0.247 e. The molecule has 3 rings (SSSR count). The maximum absolute atomic E-state index is 12.9. The van der Waals surface area contributed by atoms with Gasteiger partial charge in [0, 0.05) is 25.9 Å². The second kappa shape index (κ2) is 7.27. The van der Waals surface area contributed by atoms with Crippen LogP contribution >= 0.6 is 0 Å². The summed E-state index contributed by atoms with van der Waals surface area (Å²) in [5, 5.41) is 14.7. The van der Waals surface area contributed by atoms with Crippen LogP contribution in [0.3, 0.4) is 0 Å². The van der Waals surface area contributed by atoms with Gasteiger partial charge in [0.05, 0.1) is 5.69 Å². The number of nitrogens with one attached hydrogen (secondary N) is 1. The maximum atomic E-state index is 12.9. The molecule has 1 unspecified atom stereocenters. The van der Waals surface area contributed by atoms with Crippen molar-refractivity contribution in [2.45, 2.75) is 19.5 Å². The molecule has 3 aromatic rings. The SMILES string of the molecule is Cc1cc(NC(=O)C(c2ccccc2)N(C)Cc2cn(C)nn2)no1. The average molecular weight is 340 g/mol. The van der Waals surface area contributed by atoms with Gasteiger partial charge in [0.2, 0.25) is 5.91 Å². The van der Waals surface area contributed by atoms with E-state index in [1.54, 1.807) is 17.7 Å². The Morgan fingerprint density at radius 1 is 1.36 bits per heavy atom. The Morgan fingerprint density at radius 2 is 2.12 bits per heavy atom. The third-order valence-corrected chi connectivity index (χ3v) is 3.75. The monoisotopic (exact) mass is 340 g/mol. The van der Waals surface area contributed by atoms with Crippen LogP contribution < -0.4 is 5.32 Å². The first-order valence-corrected chi connectivity index (χ1v) is 7.87. The number of aryl methyl sites for hydroxylation is 2. The Bertz CT molecular complexity index is 842. The van der Waals surface area contributed by atoms with Crippen LogP contribution in [0.1, 0.15) is 23.1 Å². The van der Waals surface area contributed by atoms with E-state index >= 15 is 0 Å². The van der Waals surface area contributed by atoms with E-state index in [0.29, 0.717) is 18.1 Å². The Kier molecular flexibility index (Phi) is 4.90. The molecule has 1 atom stereocenters. The van der Waals surface area contributed by atoms with Gasteiger partial charge in [-0.2, -0.15) is 0 Å². The van der Waals surface area contributed by atoms with Gasteiger partial charge in [-0.05, 0) is 19.5 Å². The van der Waals surface area contributed by atoms with E-state index in [4.69, 9.17) is 4.52 Å². The van der Waals surface area contributed by atoms with E-state index in [1.165, 1.54) is 0 Å². The predicted molar refractivity (Wildman–Crippen MR) is 91.5 cm³/mol. The predicted octanol–water partition coefficient (Wildman–Crippen LogP) is 1.92. The highest BCUT2D eigenvalue weighted by atomic mass is 16.5. The quantitative estimate of drug-likeness (QED) is 0.737. The number of likely N-dealkylation sites (N-methyl/N-ethyl adjacent to an activating group) is 1. The van der Waals surface area contributed by atoms with E-state index in [-0.39, 0.29) is 5.91 Å². The van der Waals surface area contributed by atoms with Crippen molar-refractivity contribution in [3.8, 4) is 0 Å². The van der Waals surface area contributed by atoms with Crippen molar-refractivity contribution >= 4 is 11.7 Å². The van der Waals surface area contributed by atoms with Gasteiger partial charge in [-0.25, -0.2) is 0 Å². The number of nitrogens with zero attached hydrogens (tertiary/aromatic N) is 5. The van der Waals surface area contributed by atoms with Crippen LogP contribution in [-0.2, 0) is 18.4 Å². The minimum Gasteiger partial charge on any atom is -0.360 e. The highest BCUT2D eigenvalue weighted by molar-refractivity contribution is 5.94. The van der Waals surface area contributed by atoms with Crippen molar-refractivity contribution in [3.63, 3.8) is 0 Å². The number of carbonyl (C=O) groups is 1. The van der Waals surface area contributed by atoms with E-state index in [0.717, 1.165) is 11.3 Å². The molecule has 0 radical (unpaired) electrons. The topological polar surface area (TPSA) is 89.1 Å². The zero-order chi connectivity index (χ0) is 17.8. The summed E-state index contributed by atoms with van der Waals surface area (Å²) in [5.74, 6) is 0.849. The fourth-order valence-electron chi connectivity index (χ4n) is 2.68. The summed E-state index contributed by atoms with van der Waals surface area (Å²) in [6.07, 6.45) is 1.83. The molecular weight excluding hydrogens is 320 g/mol. The molecule has 2 aromatic heterocycles. The van der Waals surface area contributed by atoms with E-state index in [2.05, 4.69) is 20.8 Å². The number of amides is 1. The number of carbonyl (C=O) groups excluding carboxylic acids is 1. The van der Waals surface area contributed by atoms with Crippen molar-refractivity contribution in [3.05, 3.63) is 59.6 Å². The zero-order valence-corrected chi connectivity index (χ0v) is 14.4. The van der Waals surface area contributed by atoms with E-state index < -0.39 is 6.04 Å². The first-order valence-electron chi connectivity index (χ1n) is 7.87. The summed E-state index contributed by atoms with van der Waals surface area (Å²) in [5.41, 5.74) is 1.67. The maximum Gasteiger partial charge on any atom is 0.247 e. The van der Waals surface area contributed by atoms with Crippen molar-refractivity contribution in [2.75, 3.05) is 12.4 Å². The minimum absolute atomic E-state index is 0.189. The molecular formula is C17H20N6O2. The van der Waals surface area contributed by atoms with Gasteiger partial charge in [0.15, 0.2) is 5.82 Å². The summed E-state index contributed by atoms with van der Waals surface area (Å²) >= 11 is 0. The molecule has 0 spiro atoms. The van der Waals surface area contributed by atoms with Crippen LogP contribution in [0.15, 0.2) is 47.1 Å². The molecule has 8 heteroatoms. The Morgan fingerprint density at radius 3 is 2.72 bits per heavy atom. The van der Waals surface area contributed by atoms with Crippen molar-refractivity contribution in [1.82, 2.24) is 25.1 Å². The van der Waals surface area contributed by atoms with Gasteiger partial charge in [-0.15, -0.1) is 5.10 Å². The zero-order valence-electron chi connectivity index (χ0n) is 14.4. The van der Waals surface area contributed by atoms with E-state index in [1.807, 2.05) is 55.5 Å².